The van der Waals surface area contributed by atoms with E-state index in [1.165, 1.54) is 0 Å². The van der Waals surface area contributed by atoms with E-state index in [-0.39, 0.29) is 12.1 Å². The summed E-state index contributed by atoms with van der Waals surface area (Å²) in [5.74, 6) is 0. The zero-order valence-electron chi connectivity index (χ0n) is 11.7. The van der Waals surface area contributed by atoms with Crippen molar-refractivity contribution in [1.82, 2.24) is 4.72 Å². The van der Waals surface area contributed by atoms with E-state index in [1.807, 2.05) is 6.07 Å². The van der Waals surface area contributed by atoms with E-state index in [0.29, 0.717) is 11.5 Å². The molecule has 1 aliphatic carbocycles. The van der Waals surface area contributed by atoms with E-state index in [1.54, 1.807) is 25.3 Å². The number of rotatable bonds is 5. The van der Waals surface area contributed by atoms with Crippen molar-refractivity contribution in [3.05, 3.63) is 29.8 Å². The van der Waals surface area contributed by atoms with Gasteiger partial charge in [0.15, 0.2) is 0 Å². The third-order valence-corrected chi connectivity index (χ3v) is 5.13. The van der Waals surface area contributed by atoms with Gasteiger partial charge in [0.1, 0.15) is 0 Å². The van der Waals surface area contributed by atoms with E-state index < -0.39 is 10.0 Å². The van der Waals surface area contributed by atoms with Gasteiger partial charge in [-0.2, -0.15) is 0 Å². The lowest BCUT2D eigenvalue weighted by atomic mass is 9.93. The monoisotopic (exact) mass is 298 g/mol. The van der Waals surface area contributed by atoms with Gasteiger partial charge in [-0.1, -0.05) is 12.1 Å². The SMILES string of the molecule is COCc1cccc(S(=O)(=O)NC2CCC(N)CC2)c1. The highest BCUT2D eigenvalue weighted by Crippen LogP contribution is 2.20. The van der Waals surface area contributed by atoms with E-state index in [9.17, 15) is 8.42 Å². The number of hydrogen-bond donors (Lipinski definition) is 2. The Morgan fingerprint density at radius 2 is 2.00 bits per heavy atom. The van der Waals surface area contributed by atoms with Crippen molar-refractivity contribution in [3.8, 4) is 0 Å². The van der Waals surface area contributed by atoms with Crippen molar-refractivity contribution in [1.29, 1.82) is 0 Å². The third-order valence-electron chi connectivity index (χ3n) is 3.61. The van der Waals surface area contributed by atoms with E-state index in [4.69, 9.17) is 10.5 Å². The fourth-order valence-electron chi connectivity index (χ4n) is 2.49. The Kier molecular flexibility index (Phi) is 5.15. The van der Waals surface area contributed by atoms with Gasteiger partial charge in [-0.15, -0.1) is 0 Å². The normalized spacial score (nSPS) is 23.7. The fraction of sp³-hybridized carbons (Fsp3) is 0.571. The van der Waals surface area contributed by atoms with Crippen LogP contribution >= 0.6 is 0 Å². The van der Waals surface area contributed by atoms with Crippen molar-refractivity contribution in [3.63, 3.8) is 0 Å². The zero-order chi connectivity index (χ0) is 14.6. The third kappa shape index (κ3) is 4.02. The second-order valence-electron chi connectivity index (χ2n) is 5.31. The van der Waals surface area contributed by atoms with Crippen molar-refractivity contribution in [2.75, 3.05) is 7.11 Å². The molecule has 3 N–H and O–H groups in total. The largest absolute Gasteiger partial charge is 0.380 e. The van der Waals surface area contributed by atoms with Gasteiger partial charge in [0.2, 0.25) is 10.0 Å². The van der Waals surface area contributed by atoms with E-state index in [0.717, 1.165) is 31.2 Å². The molecule has 20 heavy (non-hydrogen) atoms. The van der Waals surface area contributed by atoms with Gasteiger partial charge >= 0.3 is 0 Å². The predicted molar refractivity (Wildman–Crippen MR) is 77.7 cm³/mol. The number of hydrogen-bond acceptors (Lipinski definition) is 4. The summed E-state index contributed by atoms with van der Waals surface area (Å²) >= 11 is 0. The molecular weight excluding hydrogens is 276 g/mol. The molecule has 1 fully saturated rings. The van der Waals surface area contributed by atoms with Crippen LogP contribution in [0, 0.1) is 0 Å². The summed E-state index contributed by atoms with van der Waals surface area (Å²) in [7, 11) is -1.88. The number of ether oxygens (including phenoxy) is 1. The van der Waals surface area contributed by atoms with Crippen LogP contribution in [-0.4, -0.2) is 27.6 Å². The quantitative estimate of drug-likeness (QED) is 0.860. The number of nitrogens with one attached hydrogen (secondary N) is 1. The van der Waals surface area contributed by atoms with Gasteiger partial charge < -0.3 is 10.5 Å². The molecule has 0 saturated heterocycles. The van der Waals surface area contributed by atoms with Crippen LogP contribution < -0.4 is 10.5 Å². The molecule has 0 heterocycles. The maximum atomic E-state index is 12.4. The second kappa shape index (κ2) is 6.67. The Morgan fingerprint density at radius 1 is 1.30 bits per heavy atom. The van der Waals surface area contributed by atoms with E-state index in [2.05, 4.69) is 4.72 Å². The molecule has 0 bridgehead atoms. The zero-order valence-corrected chi connectivity index (χ0v) is 12.5. The number of methoxy groups -OCH3 is 1. The van der Waals surface area contributed by atoms with Crippen LogP contribution in [0.5, 0.6) is 0 Å². The lowest BCUT2D eigenvalue weighted by Gasteiger charge is -2.26. The molecule has 0 atom stereocenters. The minimum absolute atomic E-state index is 0.00844. The summed E-state index contributed by atoms with van der Waals surface area (Å²) < 4.78 is 32.5. The molecule has 1 aromatic rings. The fourth-order valence-corrected chi connectivity index (χ4v) is 3.87. The average Bonchev–Trinajstić information content (AvgIpc) is 2.42. The van der Waals surface area contributed by atoms with Gasteiger partial charge in [0.25, 0.3) is 0 Å². The number of benzene rings is 1. The molecule has 2 rings (SSSR count). The first-order chi connectivity index (χ1) is 9.51. The van der Waals surface area contributed by atoms with Crippen LogP contribution in [-0.2, 0) is 21.4 Å². The summed E-state index contributed by atoms with van der Waals surface area (Å²) in [6.45, 7) is 0.404. The highest BCUT2D eigenvalue weighted by atomic mass is 32.2. The molecule has 6 heteroatoms. The molecule has 0 amide bonds. The van der Waals surface area contributed by atoms with Crippen LogP contribution in [0.2, 0.25) is 0 Å². The minimum Gasteiger partial charge on any atom is -0.380 e. The summed E-state index contributed by atoms with van der Waals surface area (Å²) in [5, 5.41) is 0. The maximum absolute atomic E-state index is 12.4. The summed E-state index contributed by atoms with van der Waals surface area (Å²) in [4.78, 5) is 0.293. The summed E-state index contributed by atoms with van der Waals surface area (Å²) in [6, 6.07) is 7.05. The molecule has 0 unspecified atom stereocenters. The molecular formula is C14H22N2O3S. The highest BCUT2D eigenvalue weighted by Gasteiger charge is 2.24. The second-order valence-corrected chi connectivity index (χ2v) is 7.03. The molecule has 5 nitrogen and oxygen atoms in total. The van der Waals surface area contributed by atoms with Gasteiger partial charge in [-0.05, 0) is 43.4 Å². The summed E-state index contributed by atoms with van der Waals surface area (Å²) in [6.07, 6.45) is 3.35. The lowest BCUT2D eigenvalue weighted by molar-refractivity contribution is 0.184. The van der Waals surface area contributed by atoms with Gasteiger partial charge in [0.05, 0.1) is 11.5 Å². The van der Waals surface area contributed by atoms with Crippen molar-refractivity contribution < 1.29 is 13.2 Å². The molecule has 0 radical (unpaired) electrons. The van der Waals surface area contributed by atoms with Crippen molar-refractivity contribution in [2.24, 2.45) is 5.73 Å². The molecule has 1 saturated carbocycles. The minimum atomic E-state index is -3.46. The predicted octanol–water partition coefficient (Wildman–Crippen LogP) is 1.38. The van der Waals surface area contributed by atoms with Gasteiger partial charge in [0, 0.05) is 19.2 Å². The smallest absolute Gasteiger partial charge is 0.240 e. The first-order valence-corrected chi connectivity index (χ1v) is 8.35. The van der Waals surface area contributed by atoms with Crippen LogP contribution in [0.4, 0.5) is 0 Å². The Morgan fingerprint density at radius 3 is 2.65 bits per heavy atom. The molecule has 112 valence electrons. The topological polar surface area (TPSA) is 81.4 Å². The highest BCUT2D eigenvalue weighted by molar-refractivity contribution is 7.89. The Labute approximate surface area is 120 Å². The van der Waals surface area contributed by atoms with Crippen LogP contribution in [0.3, 0.4) is 0 Å². The van der Waals surface area contributed by atoms with Crippen LogP contribution in [0.25, 0.3) is 0 Å². The summed E-state index contributed by atoms with van der Waals surface area (Å²) in [5.41, 5.74) is 6.68. The van der Waals surface area contributed by atoms with Crippen LogP contribution in [0.1, 0.15) is 31.2 Å². The van der Waals surface area contributed by atoms with Crippen LogP contribution in [0.15, 0.2) is 29.2 Å². The standard InChI is InChI=1S/C14H22N2O3S/c1-19-10-11-3-2-4-14(9-11)20(17,18)16-13-7-5-12(15)6-8-13/h2-4,9,12-13,16H,5-8,10,15H2,1H3. The number of nitrogens with two attached hydrogens (primary N) is 1. The first kappa shape index (κ1) is 15.4. The van der Waals surface area contributed by atoms with Crippen molar-refractivity contribution >= 4 is 10.0 Å². The molecule has 0 spiro atoms. The Balaban J connectivity index is 2.08. The van der Waals surface area contributed by atoms with Gasteiger partial charge in [-0.3, -0.25) is 0 Å². The van der Waals surface area contributed by atoms with Gasteiger partial charge in [-0.25, -0.2) is 13.1 Å². The average molecular weight is 298 g/mol. The molecule has 1 aromatic carbocycles. The van der Waals surface area contributed by atoms with Crippen molar-refractivity contribution in [2.45, 2.75) is 49.3 Å². The van der Waals surface area contributed by atoms with E-state index >= 15 is 0 Å². The lowest BCUT2D eigenvalue weighted by Crippen LogP contribution is -2.40. The molecule has 0 aliphatic heterocycles. The first-order valence-electron chi connectivity index (χ1n) is 6.87. The molecule has 1 aliphatic rings. The molecule has 0 aromatic heterocycles. The number of sulfonamides is 1. The maximum Gasteiger partial charge on any atom is 0.240 e. The Hall–Kier alpha value is -0.950. The Bertz CT molecular complexity index is 537.